The molecule has 0 aliphatic rings. The average molecular weight is 410 g/mol. The molecular weight excluding hydrogens is 388 g/mol. The number of nitrogens with zero attached hydrogens (tertiary/aromatic N) is 2. The molecule has 4 aromatic rings. The summed E-state index contributed by atoms with van der Waals surface area (Å²) in [4.78, 5) is 33.4. The van der Waals surface area contributed by atoms with Crippen LogP contribution in [0.3, 0.4) is 0 Å². The predicted molar refractivity (Wildman–Crippen MR) is 122 cm³/mol. The lowest BCUT2D eigenvalue weighted by Gasteiger charge is -2.11. The predicted octanol–water partition coefficient (Wildman–Crippen LogP) is 4.58. The summed E-state index contributed by atoms with van der Waals surface area (Å²) in [6.45, 7) is 2.20. The molecule has 154 valence electrons. The molecule has 4 rings (SSSR count). The molecule has 0 atom stereocenters. The Morgan fingerprint density at radius 2 is 1.77 bits per heavy atom. The minimum atomic E-state index is -0.171. The number of amides is 2. The van der Waals surface area contributed by atoms with Crippen LogP contribution in [0, 0.1) is 0 Å². The van der Waals surface area contributed by atoms with Gasteiger partial charge in [0.25, 0.3) is 5.91 Å². The first-order valence-electron chi connectivity index (χ1n) is 10.1. The van der Waals surface area contributed by atoms with Crippen LogP contribution in [0.25, 0.3) is 22.2 Å². The molecule has 0 fully saturated rings. The SMILES string of the molecule is CCC(=O)Nc1ccc(-c2cc(C(=O)NCc3cccnc3)c3ccccc3n2)cc1. The van der Waals surface area contributed by atoms with E-state index in [9.17, 15) is 9.59 Å². The zero-order valence-electron chi connectivity index (χ0n) is 17.1. The number of anilines is 1. The van der Waals surface area contributed by atoms with Gasteiger partial charge in [-0.25, -0.2) is 4.98 Å². The van der Waals surface area contributed by atoms with Gasteiger partial charge in [0.05, 0.1) is 16.8 Å². The molecule has 0 aliphatic carbocycles. The normalized spacial score (nSPS) is 10.6. The molecule has 0 spiro atoms. The van der Waals surface area contributed by atoms with Gasteiger partial charge in [-0.2, -0.15) is 0 Å². The minimum Gasteiger partial charge on any atom is -0.348 e. The average Bonchev–Trinajstić information content (AvgIpc) is 2.83. The number of hydrogen-bond donors (Lipinski definition) is 2. The Labute approximate surface area is 180 Å². The Hall–Kier alpha value is -4.06. The maximum Gasteiger partial charge on any atom is 0.252 e. The molecule has 0 saturated carbocycles. The van der Waals surface area contributed by atoms with Gasteiger partial charge in [0.1, 0.15) is 0 Å². The number of rotatable bonds is 6. The molecular formula is C25H22N4O2. The van der Waals surface area contributed by atoms with Crippen LogP contribution in [0.15, 0.2) is 79.1 Å². The minimum absolute atomic E-state index is 0.0378. The van der Waals surface area contributed by atoms with E-state index in [1.807, 2.05) is 67.6 Å². The van der Waals surface area contributed by atoms with E-state index in [1.54, 1.807) is 18.5 Å². The molecule has 31 heavy (non-hydrogen) atoms. The summed E-state index contributed by atoms with van der Waals surface area (Å²) in [5.74, 6) is -0.209. The van der Waals surface area contributed by atoms with Gasteiger partial charge in [0, 0.05) is 42.0 Å². The number of nitrogens with one attached hydrogen (secondary N) is 2. The summed E-state index contributed by atoms with van der Waals surface area (Å²) in [5, 5.41) is 6.60. The fourth-order valence-corrected chi connectivity index (χ4v) is 3.27. The fraction of sp³-hybridized carbons (Fsp3) is 0.120. The topological polar surface area (TPSA) is 84.0 Å². The van der Waals surface area contributed by atoms with Crippen LogP contribution in [0.5, 0.6) is 0 Å². The van der Waals surface area contributed by atoms with Gasteiger partial charge in [-0.15, -0.1) is 0 Å². The second-order valence-corrected chi connectivity index (χ2v) is 7.10. The van der Waals surface area contributed by atoms with Crippen LogP contribution in [0.2, 0.25) is 0 Å². The molecule has 2 aromatic carbocycles. The molecule has 2 heterocycles. The van der Waals surface area contributed by atoms with E-state index in [0.717, 1.165) is 27.7 Å². The van der Waals surface area contributed by atoms with E-state index in [2.05, 4.69) is 15.6 Å². The van der Waals surface area contributed by atoms with Crippen molar-refractivity contribution < 1.29 is 9.59 Å². The summed E-state index contributed by atoms with van der Waals surface area (Å²) >= 11 is 0. The molecule has 0 bridgehead atoms. The van der Waals surface area contributed by atoms with Gasteiger partial charge >= 0.3 is 0 Å². The van der Waals surface area contributed by atoms with Gasteiger partial charge in [-0.3, -0.25) is 14.6 Å². The highest BCUT2D eigenvalue weighted by Crippen LogP contribution is 2.26. The first-order chi connectivity index (χ1) is 15.1. The largest absolute Gasteiger partial charge is 0.348 e. The smallest absolute Gasteiger partial charge is 0.252 e. The van der Waals surface area contributed by atoms with Crippen LogP contribution >= 0.6 is 0 Å². The van der Waals surface area contributed by atoms with Crippen molar-refractivity contribution in [2.75, 3.05) is 5.32 Å². The van der Waals surface area contributed by atoms with Crippen LogP contribution < -0.4 is 10.6 Å². The van der Waals surface area contributed by atoms with Crippen molar-refractivity contribution in [3.8, 4) is 11.3 Å². The van der Waals surface area contributed by atoms with Crippen molar-refractivity contribution in [3.63, 3.8) is 0 Å². The molecule has 0 unspecified atom stereocenters. The fourth-order valence-electron chi connectivity index (χ4n) is 3.27. The molecule has 0 radical (unpaired) electrons. The van der Waals surface area contributed by atoms with Gasteiger partial charge in [-0.05, 0) is 35.9 Å². The van der Waals surface area contributed by atoms with Crippen molar-refractivity contribution in [1.82, 2.24) is 15.3 Å². The van der Waals surface area contributed by atoms with E-state index in [0.29, 0.717) is 24.2 Å². The highest BCUT2D eigenvalue weighted by Gasteiger charge is 2.14. The zero-order chi connectivity index (χ0) is 21.6. The monoisotopic (exact) mass is 410 g/mol. The van der Waals surface area contributed by atoms with Crippen molar-refractivity contribution in [2.45, 2.75) is 19.9 Å². The lowest BCUT2D eigenvalue weighted by molar-refractivity contribution is -0.115. The molecule has 6 heteroatoms. The highest BCUT2D eigenvalue weighted by molar-refractivity contribution is 6.07. The number of pyridine rings is 2. The van der Waals surface area contributed by atoms with Gasteiger partial charge in [0.2, 0.25) is 5.91 Å². The third-order valence-corrected chi connectivity index (χ3v) is 4.92. The first-order valence-corrected chi connectivity index (χ1v) is 10.1. The van der Waals surface area contributed by atoms with Crippen molar-refractivity contribution in [3.05, 3.63) is 90.3 Å². The summed E-state index contributed by atoms with van der Waals surface area (Å²) in [5.41, 5.74) is 4.52. The molecule has 2 amide bonds. The highest BCUT2D eigenvalue weighted by atomic mass is 16.2. The van der Waals surface area contributed by atoms with Gasteiger partial charge in [0.15, 0.2) is 0 Å². The number of hydrogen-bond acceptors (Lipinski definition) is 4. The number of benzene rings is 2. The van der Waals surface area contributed by atoms with E-state index < -0.39 is 0 Å². The van der Waals surface area contributed by atoms with E-state index in [4.69, 9.17) is 4.98 Å². The summed E-state index contributed by atoms with van der Waals surface area (Å²) in [7, 11) is 0. The van der Waals surface area contributed by atoms with E-state index in [1.165, 1.54) is 0 Å². The van der Waals surface area contributed by atoms with Gasteiger partial charge < -0.3 is 10.6 Å². The molecule has 6 nitrogen and oxygen atoms in total. The second kappa shape index (κ2) is 9.17. The van der Waals surface area contributed by atoms with Crippen molar-refractivity contribution in [2.24, 2.45) is 0 Å². The number of fused-ring (bicyclic) bond motifs is 1. The second-order valence-electron chi connectivity index (χ2n) is 7.10. The Kier molecular flexibility index (Phi) is 5.98. The van der Waals surface area contributed by atoms with Crippen molar-refractivity contribution in [1.29, 1.82) is 0 Å². The van der Waals surface area contributed by atoms with E-state index >= 15 is 0 Å². The van der Waals surface area contributed by atoms with E-state index in [-0.39, 0.29) is 11.8 Å². The molecule has 0 saturated heterocycles. The molecule has 2 N–H and O–H groups in total. The van der Waals surface area contributed by atoms with Crippen LogP contribution in [0.4, 0.5) is 5.69 Å². The Balaban J connectivity index is 1.64. The molecule has 2 aromatic heterocycles. The Bertz CT molecular complexity index is 1220. The number of carbonyl (C=O) groups excluding carboxylic acids is 2. The zero-order valence-corrected chi connectivity index (χ0v) is 17.1. The van der Waals surface area contributed by atoms with Crippen LogP contribution in [0.1, 0.15) is 29.3 Å². The third-order valence-electron chi connectivity index (χ3n) is 4.92. The molecule has 0 aliphatic heterocycles. The van der Waals surface area contributed by atoms with Crippen LogP contribution in [-0.2, 0) is 11.3 Å². The summed E-state index contributed by atoms with van der Waals surface area (Å²) < 4.78 is 0. The number of para-hydroxylation sites is 1. The Morgan fingerprint density at radius 1 is 0.968 bits per heavy atom. The lowest BCUT2D eigenvalue weighted by Crippen LogP contribution is -2.23. The number of aromatic nitrogens is 2. The maximum atomic E-state index is 13.0. The summed E-state index contributed by atoms with van der Waals surface area (Å²) in [6.07, 6.45) is 3.85. The number of carbonyl (C=O) groups is 2. The van der Waals surface area contributed by atoms with Crippen molar-refractivity contribution >= 4 is 28.4 Å². The first kappa shape index (κ1) is 20.2. The Morgan fingerprint density at radius 3 is 2.52 bits per heavy atom. The lowest BCUT2D eigenvalue weighted by atomic mass is 10.0. The standard InChI is InChI=1S/C25H22N4O2/c1-2-24(30)28-19-11-9-18(10-12-19)23-14-21(20-7-3-4-8-22(20)29-23)25(31)27-16-17-6-5-13-26-15-17/h3-15H,2,16H2,1H3,(H,27,31)(H,28,30). The van der Waals surface area contributed by atoms with Gasteiger partial charge in [-0.1, -0.05) is 43.3 Å². The third kappa shape index (κ3) is 4.75. The quantitative estimate of drug-likeness (QED) is 0.487. The summed E-state index contributed by atoms with van der Waals surface area (Å²) in [6, 6.07) is 20.6. The van der Waals surface area contributed by atoms with Crippen LogP contribution in [-0.4, -0.2) is 21.8 Å². The maximum absolute atomic E-state index is 13.0.